The molecule has 1 aromatic heterocycles. The van der Waals surface area contributed by atoms with E-state index in [0.29, 0.717) is 22.9 Å². The molecule has 0 saturated carbocycles. The molecule has 0 fully saturated rings. The second-order valence-electron chi connectivity index (χ2n) is 6.90. The second kappa shape index (κ2) is 8.48. The van der Waals surface area contributed by atoms with Gasteiger partial charge in [-0.2, -0.15) is 0 Å². The number of amides is 1. The number of halogens is 1. The number of carbonyl (C=O) groups is 1. The molecule has 3 rings (SSSR count). The van der Waals surface area contributed by atoms with Gasteiger partial charge in [-0.15, -0.1) is 0 Å². The zero-order chi connectivity index (χ0) is 20.3. The molecule has 0 spiro atoms. The standard InChI is InChI=1S/C22H22ClNO4/c1-13(2)18-11-21(25)28-20-10-16(8-9-17(18)20)27-14(3)22(26)24-12-15-6-4-5-7-19(15)23/h4-11,13-14H,12H2,1-3H3,(H,24,26). The molecule has 0 radical (unpaired) electrons. The lowest BCUT2D eigenvalue weighted by Gasteiger charge is -2.16. The highest BCUT2D eigenvalue weighted by Gasteiger charge is 2.16. The Kier molecular flexibility index (Phi) is 6.05. The fourth-order valence-corrected chi connectivity index (χ4v) is 3.15. The van der Waals surface area contributed by atoms with Crippen LogP contribution in [0.4, 0.5) is 0 Å². The molecule has 146 valence electrons. The summed E-state index contributed by atoms with van der Waals surface area (Å²) in [5.41, 5.74) is 1.79. The van der Waals surface area contributed by atoms with E-state index < -0.39 is 11.7 Å². The summed E-state index contributed by atoms with van der Waals surface area (Å²) >= 11 is 6.10. The summed E-state index contributed by atoms with van der Waals surface area (Å²) in [5, 5.41) is 4.27. The van der Waals surface area contributed by atoms with Crippen LogP contribution in [0.15, 0.2) is 57.7 Å². The second-order valence-corrected chi connectivity index (χ2v) is 7.31. The molecule has 0 aliphatic heterocycles. The summed E-state index contributed by atoms with van der Waals surface area (Å²) in [4.78, 5) is 24.2. The van der Waals surface area contributed by atoms with Crippen LogP contribution < -0.4 is 15.7 Å². The van der Waals surface area contributed by atoms with E-state index >= 15 is 0 Å². The molecule has 0 bridgehead atoms. The van der Waals surface area contributed by atoms with Crippen molar-refractivity contribution in [2.24, 2.45) is 0 Å². The molecule has 0 aliphatic carbocycles. The van der Waals surface area contributed by atoms with Crippen LogP contribution in [0.2, 0.25) is 5.02 Å². The maximum atomic E-state index is 12.3. The van der Waals surface area contributed by atoms with Crippen molar-refractivity contribution in [3.8, 4) is 5.75 Å². The normalized spacial score (nSPS) is 12.2. The van der Waals surface area contributed by atoms with Gasteiger partial charge in [-0.25, -0.2) is 4.79 Å². The first-order chi connectivity index (χ1) is 13.3. The lowest BCUT2D eigenvalue weighted by atomic mass is 10.00. The number of nitrogens with one attached hydrogen (secondary N) is 1. The molecular formula is C22H22ClNO4. The number of hydrogen-bond donors (Lipinski definition) is 1. The Balaban J connectivity index is 1.72. The summed E-state index contributed by atoms with van der Waals surface area (Å²) in [7, 11) is 0. The fraction of sp³-hybridized carbons (Fsp3) is 0.273. The third kappa shape index (κ3) is 4.54. The van der Waals surface area contributed by atoms with E-state index in [4.69, 9.17) is 20.8 Å². The number of rotatable bonds is 6. The third-order valence-corrected chi connectivity index (χ3v) is 4.83. The molecule has 0 aliphatic rings. The van der Waals surface area contributed by atoms with Crippen molar-refractivity contribution in [2.75, 3.05) is 0 Å². The topological polar surface area (TPSA) is 68.5 Å². The van der Waals surface area contributed by atoms with Crippen molar-refractivity contribution in [1.29, 1.82) is 0 Å². The molecule has 1 unspecified atom stereocenters. The SMILES string of the molecule is CC(Oc1ccc2c(C(C)C)cc(=O)oc2c1)C(=O)NCc1ccccc1Cl. The average Bonchev–Trinajstić information content (AvgIpc) is 2.66. The highest BCUT2D eigenvalue weighted by Crippen LogP contribution is 2.27. The Bertz CT molecular complexity index is 1060. The molecular weight excluding hydrogens is 378 g/mol. The number of benzene rings is 2. The molecule has 3 aromatic rings. The summed E-state index contributed by atoms with van der Waals surface area (Å²) in [6.07, 6.45) is -0.722. The van der Waals surface area contributed by atoms with E-state index in [9.17, 15) is 9.59 Å². The third-order valence-electron chi connectivity index (χ3n) is 4.46. The van der Waals surface area contributed by atoms with Crippen molar-refractivity contribution >= 4 is 28.5 Å². The number of carbonyl (C=O) groups excluding carboxylic acids is 1. The molecule has 1 atom stereocenters. The van der Waals surface area contributed by atoms with Gasteiger partial charge in [0.2, 0.25) is 0 Å². The first kappa shape index (κ1) is 20.0. The first-order valence-corrected chi connectivity index (χ1v) is 9.48. The first-order valence-electron chi connectivity index (χ1n) is 9.10. The van der Waals surface area contributed by atoms with Crippen molar-refractivity contribution in [2.45, 2.75) is 39.3 Å². The quantitative estimate of drug-likeness (QED) is 0.612. The van der Waals surface area contributed by atoms with Crippen LogP contribution in [0, 0.1) is 0 Å². The van der Waals surface area contributed by atoms with Gasteiger partial charge in [-0.1, -0.05) is 43.6 Å². The zero-order valence-corrected chi connectivity index (χ0v) is 16.7. The molecule has 1 N–H and O–H groups in total. The minimum absolute atomic E-state index is 0.188. The Labute approximate surface area is 168 Å². The van der Waals surface area contributed by atoms with Gasteiger partial charge >= 0.3 is 5.63 Å². The largest absolute Gasteiger partial charge is 0.481 e. The summed E-state index contributed by atoms with van der Waals surface area (Å²) in [5.74, 6) is 0.377. The van der Waals surface area contributed by atoms with E-state index in [-0.39, 0.29) is 11.8 Å². The van der Waals surface area contributed by atoms with Crippen LogP contribution in [0.1, 0.15) is 37.8 Å². The predicted molar refractivity (Wildman–Crippen MR) is 110 cm³/mol. The van der Waals surface area contributed by atoms with Gasteiger partial charge in [-0.3, -0.25) is 4.79 Å². The van der Waals surface area contributed by atoms with Gasteiger partial charge < -0.3 is 14.5 Å². The van der Waals surface area contributed by atoms with Crippen molar-refractivity contribution in [1.82, 2.24) is 5.32 Å². The summed E-state index contributed by atoms with van der Waals surface area (Å²) < 4.78 is 11.0. The predicted octanol–water partition coefficient (Wildman–Crippen LogP) is 4.65. The molecule has 1 heterocycles. The van der Waals surface area contributed by atoms with Gasteiger partial charge in [-0.05, 0) is 42.2 Å². The van der Waals surface area contributed by atoms with Crippen LogP contribution in [-0.4, -0.2) is 12.0 Å². The maximum Gasteiger partial charge on any atom is 0.336 e. The van der Waals surface area contributed by atoms with E-state index in [1.165, 1.54) is 6.07 Å². The van der Waals surface area contributed by atoms with Crippen molar-refractivity contribution in [3.63, 3.8) is 0 Å². The number of fused-ring (bicyclic) bond motifs is 1. The Hall–Kier alpha value is -2.79. The van der Waals surface area contributed by atoms with Crippen LogP contribution in [0.5, 0.6) is 5.75 Å². The van der Waals surface area contributed by atoms with Gasteiger partial charge in [0, 0.05) is 29.1 Å². The molecule has 0 saturated heterocycles. The van der Waals surface area contributed by atoms with Gasteiger partial charge in [0.1, 0.15) is 11.3 Å². The monoisotopic (exact) mass is 399 g/mol. The van der Waals surface area contributed by atoms with E-state index in [1.807, 2.05) is 38.1 Å². The fourth-order valence-electron chi connectivity index (χ4n) is 2.94. The lowest BCUT2D eigenvalue weighted by Crippen LogP contribution is -2.35. The smallest absolute Gasteiger partial charge is 0.336 e. The minimum Gasteiger partial charge on any atom is -0.481 e. The number of ether oxygens (including phenoxy) is 1. The van der Waals surface area contributed by atoms with Gasteiger partial charge in [0.25, 0.3) is 5.91 Å². The summed E-state index contributed by atoms with van der Waals surface area (Å²) in [6, 6.07) is 14.1. The van der Waals surface area contributed by atoms with E-state index in [1.54, 1.807) is 25.1 Å². The van der Waals surface area contributed by atoms with Gasteiger partial charge in [0.05, 0.1) is 0 Å². The Morgan fingerprint density at radius 2 is 1.89 bits per heavy atom. The van der Waals surface area contributed by atoms with Crippen LogP contribution in [-0.2, 0) is 11.3 Å². The minimum atomic E-state index is -0.722. The lowest BCUT2D eigenvalue weighted by molar-refractivity contribution is -0.127. The molecule has 1 amide bonds. The highest BCUT2D eigenvalue weighted by molar-refractivity contribution is 6.31. The number of hydrogen-bond acceptors (Lipinski definition) is 4. The summed E-state index contributed by atoms with van der Waals surface area (Å²) in [6.45, 7) is 6.01. The van der Waals surface area contributed by atoms with Crippen LogP contribution in [0.25, 0.3) is 11.0 Å². The zero-order valence-electron chi connectivity index (χ0n) is 16.0. The Morgan fingerprint density at radius 3 is 2.61 bits per heavy atom. The van der Waals surface area contributed by atoms with E-state index in [2.05, 4.69) is 5.32 Å². The van der Waals surface area contributed by atoms with Crippen molar-refractivity contribution in [3.05, 3.63) is 75.1 Å². The molecule has 2 aromatic carbocycles. The molecule has 6 heteroatoms. The highest BCUT2D eigenvalue weighted by atomic mass is 35.5. The van der Waals surface area contributed by atoms with E-state index in [0.717, 1.165) is 16.5 Å². The van der Waals surface area contributed by atoms with Crippen molar-refractivity contribution < 1.29 is 13.9 Å². The van der Waals surface area contributed by atoms with Crippen LogP contribution >= 0.6 is 11.6 Å². The molecule has 28 heavy (non-hydrogen) atoms. The maximum absolute atomic E-state index is 12.3. The van der Waals surface area contributed by atoms with Gasteiger partial charge in [0.15, 0.2) is 6.10 Å². The Morgan fingerprint density at radius 1 is 1.14 bits per heavy atom. The van der Waals surface area contributed by atoms with Crippen LogP contribution in [0.3, 0.4) is 0 Å². The average molecular weight is 400 g/mol. The molecule has 5 nitrogen and oxygen atoms in total.